The molecule has 1 heterocycles. The van der Waals surface area contributed by atoms with Crippen LogP contribution in [0.2, 0.25) is 0 Å². The van der Waals surface area contributed by atoms with Gasteiger partial charge >= 0.3 is 5.97 Å². The van der Waals surface area contributed by atoms with Gasteiger partial charge in [-0.05, 0) is 12.8 Å². The number of carbonyl (C=O) groups is 1. The molecule has 0 bridgehead atoms. The number of hydrogen-bond donors (Lipinski definition) is 1. The molecule has 0 aliphatic carbocycles. The molecule has 0 spiro atoms. The monoisotopic (exact) mass is 207 g/mol. The Hall–Kier alpha value is -0.620. The quantitative estimate of drug-likeness (QED) is 0.700. The molecular weight excluding hydrogens is 194 g/mol. The van der Waals surface area contributed by atoms with Crippen LogP contribution in [0, 0.1) is 0 Å². The third-order valence-electron chi connectivity index (χ3n) is 2.03. The van der Waals surface area contributed by atoms with E-state index in [0.29, 0.717) is 13.0 Å². The fraction of sp³-hybridized carbons (Fsp3) is 0.857. The van der Waals surface area contributed by atoms with Crippen LogP contribution in [0.1, 0.15) is 19.3 Å². The Bertz CT molecular complexity index is 285. The fourth-order valence-corrected chi connectivity index (χ4v) is 2.92. The minimum atomic E-state index is -3.15. The van der Waals surface area contributed by atoms with E-state index < -0.39 is 16.0 Å². The van der Waals surface area contributed by atoms with Crippen molar-refractivity contribution in [2.45, 2.75) is 19.3 Å². The molecule has 0 aromatic rings. The molecule has 0 radical (unpaired) electrons. The molecule has 1 rings (SSSR count). The molecule has 0 atom stereocenters. The lowest BCUT2D eigenvalue weighted by atomic mass is 10.3. The highest BCUT2D eigenvalue weighted by Crippen LogP contribution is 2.13. The van der Waals surface area contributed by atoms with Crippen molar-refractivity contribution in [3.63, 3.8) is 0 Å². The van der Waals surface area contributed by atoms with Gasteiger partial charge in [0.2, 0.25) is 10.0 Å². The van der Waals surface area contributed by atoms with E-state index in [-0.39, 0.29) is 18.7 Å². The maximum absolute atomic E-state index is 11.3. The molecule has 0 unspecified atom stereocenters. The number of rotatable bonds is 3. The van der Waals surface area contributed by atoms with E-state index in [1.807, 2.05) is 0 Å². The number of aliphatic carboxylic acids is 1. The van der Waals surface area contributed by atoms with Crippen molar-refractivity contribution in [3.8, 4) is 0 Å². The highest BCUT2D eigenvalue weighted by molar-refractivity contribution is 7.89. The van der Waals surface area contributed by atoms with E-state index >= 15 is 0 Å². The first kappa shape index (κ1) is 10.5. The van der Waals surface area contributed by atoms with E-state index in [2.05, 4.69) is 0 Å². The lowest BCUT2D eigenvalue weighted by Gasteiger charge is -2.25. The van der Waals surface area contributed by atoms with Gasteiger partial charge in [0, 0.05) is 13.1 Å². The Morgan fingerprint density at radius 3 is 2.62 bits per heavy atom. The highest BCUT2D eigenvalue weighted by atomic mass is 32.2. The summed E-state index contributed by atoms with van der Waals surface area (Å²) in [6.07, 6.45) is 1.41. The predicted octanol–water partition coefficient (Wildman–Crippen LogP) is -0.113. The van der Waals surface area contributed by atoms with Crippen LogP contribution >= 0.6 is 0 Å². The molecule has 1 aliphatic rings. The molecule has 0 aromatic heterocycles. The highest BCUT2D eigenvalue weighted by Gasteiger charge is 2.25. The van der Waals surface area contributed by atoms with Gasteiger partial charge in [-0.25, -0.2) is 12.7 Å². The summed E-state index contributed by atoms with van der Waals surface area (Å²) in [5.41, 5.74) is 0. The van der Waals surface area contributed by atoms with Gasteiger partial charge in [0.15, 0.2) is 0 Å². The van der Waals surface area contributed by atoms with Crippen molar-refractivity contribution in [1.82, 2.24) is 4.31 Å². The largest absolute Gasteiger partial charge is 0.481 e. The number of hydrogen-bond acceptors (Lipinski definition) is 3. The van der Waals surface area contributed by atoms with Crippen LogP contribution in [0.15, 0.2) is 0 Å². The van der Waals surface area contributed by atoms with E-state index in [0.717, 1.165) is 6.42 Å². The third kappa shape index (κ3) is 2.96. The van der Waals surface area contributed by atoms with E-state index in [9.17, 15) is 13.2 Å². The molecule has 5 nitrogen and oxygen atoms in total. The lowest BCUT2D eigenvalue weighted by Crippen LogP contribution is -2.39. The summed E-state index contributed by atoms with van der Waals surface area (Å²) in [6, 6.07) is 0. The van der Waals surface area contributed by atoms with Gasteiger partial charge in [0.1, 0.15) is 0 Å². The lowest BCUT2D eigenvalue weighted by molar-refractivity contribution is -0.137. The first-order valence-electron chi connectivity index (χ1n) is 4.22. The average molecular weight is 207 g/mol. The standard InChI is InChI=1S/C7H13NO4S/c9-7(10)3-5-8-4-1-2-6-13(8,11)12/h1-6H2,(H,9,10). The van der Waals surface area contributed by atoms with Gasteiger partial charge < -0.3 is 5.11 Å². The Kier molecular flexibility index (Phi) is 3.27. The van der Waals surface area contributed by atoms with Gasteiger partial charge in [-0.15, -0.1) is 0 Å². The van der Waals surface area contributed by atoms with Gasteiger partial charge in [0.05, 0.1) is 12.2 Å². The summed E-state index contributed by atoms with van der Waals surface area (Å²) >= 11 is 0. The molecule has 1 fully saturated rings. The molecular formula is C7H13NO4S. The SMILES string of the molecule is O=C(O)CCN1CCCCS1(=O)=O. The van der Waals surface area contributed by atoms with Crippen LogP contribution in [-0.4, -0.2) is 42.6 Å². The Labute approximate surface area is 77.4 Å². The minimum Gasteiger partial charge on any atom is -0.481 e. The molecule has 6 heteroatoms. The fourth-order valence-electron chi connectivity index (χ4n) is 1.31. The topological polar surface area (TPSA) is 74.7 Å². The summed E-state index contributed by atoms with van der Waals surface area (Å²) in [5, 5.41) is 8.39. The molecule has 0 saturated carbocycles. The summed E-state index contributed by atoms with van der Waals surface area (Å²) in [7, 11) is -3.15. The molecule has 0 amide bonds. The van der Waals surface area contributed by atoms with Gasteiger partial charge in [0.25, 0.3) is 0 Å². The van der Waals surface area contributed by atoms with E-state index in [1.54, 1.807) is 0 Å². The molecule has 1 saturated heterocycles. The van der Waals surface area contributed by atoms with Crippen molar-refractivity contribution in [3.05, 3.63) is 0 Å². The third-order valence-corrected chi connectivity index (χ3v) is 3.98. The second-order valence-corrected chi connectivity index (χ2v) is 5.15. The number of nitrogens with zero attached hydrogens (tertiary/aromatic N) is 1. The van der Waals surface area contributed by atoms with Crippen LogP contribution in [0.3, 0.4) is 0 Å². The van der Waals surface area contributed by atoms with Crippen LogP contribution in [0.25, 0.3) is 0 Å². The summed E-state index contributed by atoms with van der Waals surface area (Å²) in [5.74, 6) is -0.798. The molecule has 1 aliphatic heterocycles. The minimum absolute atomic E-state index is 0.109. The second kappa shape index (κ2) is 4.06. The second-order valence-electron chi connectivity index (χ2n) is 3.07. The summed E-state index contributed by atoms with van der Waals surface area (Å²) in [4.78, 5) is 10.2. The zero-order chi connectivity index (χ0) is 9.90. The first-order chi connectivity index (χ1) is 6.02. The summed E-state index contributed by atoms with van der Waals surface area (Å²) in [6.45, 7) is 0.577. The van der Waals surface area contributed by atoms with Crippen molar-refractivity contribution < 1.29 is 18.3 Å². The predicted molar refractivity (Wildman–Crippen MR) is 46.8 cm³/mol. The van der Waals surface area contributed by atoms with Crippen molar-refractivity contribution >= 4 is 16.0 Å². The van der Waals surface area contributed by atoms with Gasteiger partial charge in [-0.3, -0.25) is 4.79 Å². The van der Waals surface area contributed by atoms with Crippen molar-refractivity contribution in [1.29, 1.82) is 0 Å². The maximum Gasteiger partial charge on any atom is 0.304 e. The zero-order valence-electron chi connectivity index (χ0n) is 7.27. The molecule has 1 N–H and O–H groups in total. The van der Waals surface area contributed by atoms with Gasteiger partial charge in [-0.1, -0.05) is 0 Å². The smallest absolute Gasteiger partial charge is 0.304 e. The first-order valence-corrected chi connectivity index (χ1v) is 5.83. The van der Waals surface area contributed by atoms with Crippen LogP contribution in [0.4, 0.5) is 0 Å². The normalized spacial score (nSPS) is 22.8. The Balaban J connectivity index is 2.52. The van der Waals surface area contributed by atoms with Crippen LogP contribution in [0.5, 0.6) is 0 Å². The van der Waals surface area contributed by atoms with E-state index in [1.165, 1.54) is 4.31 Å². The molecule has 76 valence electrons. The maximum atomic E-state index is 11.3. The van der Waals surface area contributed by atoms with E-state index in [4.69, 9.17) is 5.11 Å². The Morgan fingerprint density at radius 2 is 2.08 bits per heavy atom. The number of sulfonamides is 1. The summed E-state index contributed by atoms with van der Waals surface area (Å²) < 4.78 is 23.9. The van der Waals surface area contributed by atoms with Crippen LogP contribution in [-0.2, 0) is 14.8 Å². The van der Waals surface area contributed by atoms with Crippen LogP contribution < -0.4 is 0 Å². The molecule has 0 aromatic carbocycles. The average Bonchev–Trinajstić information content (AvgIpc) is 2.01. The zero-order valence-corrected chi connectivity index (χ0v) is 8.09. The van der Waals surface area contributed by atoms with Crippen molar-refractivity contribution in [2.24, 2.45) is 0 Å². The Morgan fingerprint density at radius 1 is 1.38 bits per heavy atom. The number of carboxylic acid groups (broad SMARTS) is 1. The number of carboxylic acids is 1. The molecule has 13 heavy (non-hydrogen) atoms. The van der Waals surface area contributed by atoms with Crippen molar-refractivity contribution in [2.75, 3.05) is 18.8 Å². The van der Waals surface area contributed by atoms with Gasteiger partial charge in [-0.2, -0.15) is 0 Å².